The summed E-state index contributed by atoms with van der Waals surface area (Å²) in [5, 5.41) is 0. The summed E-state index contributed by atoms with van der Waals surface area (Å²) in [5.41, 5.74) is 6.91. The Morgan fingerprint density at radius 2 is 2.05 bits per heavy atom. The average Bonchev–Trinajstić information content (AvgIpc) is 2.77. The normalized spacial score (nSPS) is 11.1. The minimum atomic E-state index is 0.251. The van der Waals surface area contributed by atoms with Crippen molar-refractivity contribution in [3.05, 3.63) is 32.7 Å². The fourth-order valence-corrected chi connectivity index (χ4v) is 3.06. The third kappa shape index (κ3) is 3.22. The van der Waals surface area contributed by atoms with E-state index in [1.165, 1.54) is 4.88 Å². The van der Waals surface area contributed by atoms with Gasteiger partial charge in [-0.25, -0.2) is 9.97 Å². The molecule has 6 heteroatoms. The van der Waals surface area contributed by atoms with Crippen molar-refractivity contribution in [2.75, 3.05) is 17.7 Å². The molecule has 2 aromatic heterocycles. The molecule has 2 heterocycles. The summed E-state index contributed by atoms with van der Waals surface area (Å²) >= 11 is 7.55. The minimum Gasteiger partial charge on any atom is -0.383 e. The molecule has 0 aromatic carbocycles. The van der Waals surface area contributed by atoms with E-state index in [1.54, 1.807) is 11.3 Å². The van der Waals surface area contributed by atoms with Crippen LogP contribution in [0.4, 0.5) is 11.6 Å². The van der Waals surface area contributed by atoms with E-state index in [9.17, 15) is 0 Å². The molecule has 0 unspecified atom stereocenters. The van der Waals surface area contributed by atoms with Gasteiger partial charge in [-0.15, -0.1) is 11.3 Å². The molecule has 0 atom stereocenters. The number of nitrogens with zero attached hydrogens (tertiary/aromatic N) is 3. The predicted molar refractivity (Wildman–Crippen MR) is 86.7 cm³/mol. The van der Waals surface area contributed by atoms with Gasteiger partial charge in [0.1, 0.15) is 17.5 Å². The Kier molecular flexibility index (Phi) is 4.50. The summed E-state index contributed by atoms with van der Waals surface area (Å²) in [6.45, 7) is 6.83. The van der Waals surface area contributed by atoms with Crippen molar-refractivity contribution in [2.24, 2.45) is 0 Å². The third-order valence-corrected chi connectivity index (χ3v) is 4.29. The summed E-state index contributed by atoms with van der Waals surface area (Å²) in [7, 11) is 2.01. The molecule has 0 aliphatic rings. The molecule has 2 aromatic rings. The molecule has 4 nitrogen and oxygen atoms in total. The van der Waals surface area contributed by atoms with Gasteiger partial charge in [0.2, 0.25) is 0 Å². The zero-order chi connectivity index (χ0) is 14.9. The van der Waals surface area contributed by atoms with Crippen molar-refractivity contribution in [3.63, 3.8) is 0 Å². The van der Waals surface area contributed by atoms with Crippen LogP contribution >= 0.6 is 22.9 Å². The first-order valence-electron chi connectivity index (χ1n) is 6.47. The second-order valence-electron chi connectivity index (χ2n) is 5.13. The van der Waals surface area contributed by atoms with Gasteiger partial charge in [-0.1, -0.05) is 25.4 Å². The first kappa shape index (κ1) is 15.1. The fourth-order valence-electron chi connectivity index (χ4n) is 1.91. The van der Waals surface area contributed by atoms with Gasteiger partial charge in [-0.05, 0) is 19.1 Å². The maximum absolute atomic E-state index is 6.00. The second-order valence-corrected chi connectivity index (χ2v) is 6.93. The monoisotopic (exact) mass is 310 g/mol. The fraction of sp³-hybridized carbons (Fsp3) is 0.429. The van der Waals surface area contributed by atoms with Crippen molar-refractivity contribution in [1.29, 1.82) is 0 Å². The van der Waals surface area contributed by atoms with Gasteiger partial charge < -0.3 is 10.6 Å². The molecule has 0 spiro atoms. The number of rotatable bonds is 4. The third-order valence-electron chi connectivity index (χ3n) is 3.07. The first-order chi connectivity index (χ1) is 9.38. The molecule has 0 saturated heterocycles. The lowest BCUT2D eigenvalue weighted by Crippen LogP contribution is -2.20. The lowest BCUT2D eigenvalue weighted by atomic mass is 10.2. The molecular formula is C14H19ClN4S. The first-order valence-corrected chi connectivity index (χ1v) is 7.67. The van der Waals surface area contributed by atoms with Crippen LogP contribution in [-0.4, -0.2) is 17.0 Å². The van der Waals surface area contributed by atoms with Gasteiger partial charge in [0.15, 0.2) is 0 Å². The highest BCUT2D eigenvalue weighted by atomic mass is 35.5. The van der Waals surface area contributed by atoms with Crippen LogP contribution in [0.5, 0.6) is 0 Å². The highest BCUT2D eigenvalue weighted by molar-refractivity contribution is 7.16. The van der Waals surface area contributed by atoms with Crippen molar-refractivity contribution >= 4 is 34.6 Å². The number of anilines is 2. The Hall–Kier alpha value is -1.33. The Morgan fingerprint density at radius 3 is 2.60 bits per heavy atom. The van der Waals surface area contributed by atoms with E-state index >= 15 is 0 Å². The van der Waals surface area contributed by atoms with Gasteiger partial charge in [0, 0.05) is 23.4 Å². The number of hydrogen-bond acceptors (Lipinski definition) is 5. The smallest absolute Gasteiger partial charge is 0.137 e. The van der Waals surface area contributed by atoms with Crippen LogP contribution in [0.2, 0.25) is 4.34 Å². The lowest BCUT2D eigenvalue weighted by Gasteiger charge is -2.21. The molecule has 0 radical (unpaired) electrons. The SMILES string of the molecule is Cc1c(N)nc(C(C)C)nc1N(C)Cc1ccc(Cl)s1. The standard InChI is InChI=1S/C14H19ClN4S/c1-8(2)13-17-12(16)9(3)14(18-13)19(4)7-10-5-6-11(15)20-10/h5-6,8H,7H2,1-4H3,(H2,16,17,18). The minimum absolute atomic E-state index is 0.251. The molecule has 108 valence electrons. The number of hydrogen-bond donors (Lipinski definition) is 1. The number of nitrogens with two attached hydrogens (primary N) is 1. The largest absolute Gasteiger partial charge is 0.383 e. The van der Waals surface area contributed by atoms with Gasteiger partial charge >= 0.3 is 0 Å². The quantitative estimate of drug-likeness (QED) is 0.932. The summed E-state index contributed by atoms with van der Waals surface area (Å²) in [6, 6.07) is 3.95. The average molecular weight is 311 g/mol. The predicted octanol–water partition coefficient (Wildman–Crippen LogP) is 3.84. The van der Waals surface area contributed by atoms with Crippen LogP contribution < -0.4 is 10.6 Å². The summed E-state index contributed by atoms with van der Waals surface area (Å²) in [6.07, 6.45) is 0. The molecule has 0 aliphatic carbocycles. The summed E-state index contributed by atoms with van der Waals surface area (Å²) < 4.78 is 0.801. The second kappa shape index (κ2) is 5.97. The van der Waals surface area contributed by atoms with Crippen LogP contribution in [0.25, 0.3) is 0 Å². The van der Waals surface area contributed by atoms with Gasteiger partial charge in [0.05, 0.1) is 10.9 Å². The number of aromatic nitrogens is 2. The Morgan fingerprint density at radius 1 is 1.35 bits per heavy atom. The highest BCUT2D eigenvalue weighted by Gasteiger charge is 2.15. The van der Waals surface area contributed by atoms with E-state index in [0.29, 0.717) is 5.82 Å². The van der Waals surface area contributed by atoms with Crippen molar-refractivity contribution in [3.8, 4) is 0 Å². The van der Waals surface area contributed by atoms with E-state index in [2.05, 4.69) is 28.7 Å². The van der Waals surface area contributed by atoms with Crippen molar-refractivity contribution in [2.45, 2.75) is 33.2 Å². The molecule has 0 aliphatic heterocycles. The van der Waals surface area contributed by atoms with Crippen molar-refractivity contribution < 1.29 is 0 Å². The molecular weight excluding hydrogens is 292 g/mol. The molecule has 0 saturated carbocycles. The highest BCUT2D eigenvalue weighted by Crippen LogP contribution is 2.27. The Balaban J connectivity index is 2.30. The van der Waals surface area contributed by atoms with E-state index in [0.717, 1.165) is 28.1 Å². The van der Waals surface area contributed by atoms with Gasteiger partial charge in [-0.3, -0.25) is 0 Å². The number of nitrogen functional groups attached to an aromatic ring is 1. The number of halogens is 1. The topological polar surface area (TPSA) is 55.0 Å². The summed E-state index contributed by atoms with van der Waals surface area (Å²) in [5.74, 6) is 2.46. The Labute approximate surface area is 128 Å². The van der Waals surface area contributed by atoms with E-state index < -0.39 is 0 Å². The lowest BCUT2D eigenvalue weighted by molar-refractivity contribution is 0.762. The molecule has 2 rings (SSSR count). The van der Waals surface area contributed by atoms with E-state index in [4.69, 9.17) is 17.3 Å². The molecule has 0 bridgehead atoms. The van der Waals surface area contributed by atoms with Crippen molar-refractivity contribution in [1.82, 2.24) is 9.97 Å². The molecule has 20 heavy (non-hydrogen) atoms. The zero-order valence-electron chi connectivity index (χ0n) is 12.1. The molecule has 0 fully saturated rings. The summed E-state index contributed by atoms with van der Waals surface area (Å²) in [4.78, 5) is 12.3. The number of thiophene rings is 1. The van der Waals surface area contributed by atoms with Crippen LogP contribution in [0.15, 0.2) is 12.1 Å². The van der Waals surface area contributed by atoms with Gasteiger partial charge in [0.25, 0.3) is 0 Å². The van der Waals surface area contributed by atoms with Gasteiger partial charge in [-0.2, -0.15) is 0 Å². The molecule has 0 amide bonds. The van der Waals surface area contributed by atoms with Crippen LogP contribution in [-0.2, 0) is 6.54 Å². The molecule has 2 N–H and O–H groups in total. The van der Waals surface area contributed by atoms with Crippen LogP contribution in [0, 0.1) is 6.92 Å². The van der Waals surface area contributed by atoms with E-state index in [-0.39, 0.29) is 5.92 Å². The van der Waals surface area contributed by atoms with Crippen LogP contribution in [0.1, 0.15) is 36.0 Å². The maximum atomic E-state index is 6.00. The van der Waals surface area contributed by atoms with Crippen LogP contribution in [0.3, 0.4) is 0 Å². The zero-order valence-corrected chi connectivity index (χ0v) is 13.7. The Bertz CT molecular complexity index is 609. The van der Waals surface area contributed by atoms with E-state index in [1.807, 2.05) is 26.1 Å². The maximum Gasteiger partial charge on any atom is 0.137 e.